The van der Waals surface area contributed by atoms with Crippen molar-refractivity contribution in [3.8, 4) is 0 Å². The fraction of sp³-hybridized carbons (Fsp3) is 0.154. The Balaban J connectivity index is 0.000000231. The molecule has 0 heterocycles. The second kappa shape index (κ2) is 14.0. The molecule has 5 aromatic rings. The third-order valence-corrected chi connectivity index (χ3v) is 4.07. The quantitative estimate of drug-likeness (QED) is 0.305. The van der Waals surface area contributed by atoms with E-state index in [2.05, 4.69) is 97.1 Å². The maximum Gasteiger partial charge on any atom is 4.00 e. The second-order valence-electron chi connectivity index (χ2n) is 6.05. The van der Waals surface area contributed by atoms with Crippen LogP contribution in [0, 0.1) is 0 Å². The van der Waals surface area contributed by atoms with E-state index in [4.69, 9.17) is 10.2 Å². The van der Waals surface area contributed by atoms with Crippen molar-refractivity contribution in [3.05, 3.63) is 97.1 Å². The van der Waals surface area contributed by atoms with Gasteiger partial charge in [0.15, 0.2) is 0 Å². The Labute approximate surface area is 192 Å². The van der Waals surface area contributed by atoms with Gasteiger partial charge in [0, 0.05) is 0 Å². The van der Waals surface area contributed by atoms with E-state index in [0.29, 0.717) is 0 Å². The molecule has 3 heteroatoms. The largest absolute Gasteiger partial charge is 4.00 e. The first-order valence-corrected chi connectivity index (χ1v) is 9.54. The van der Waals surface area contributed by atoms with Crippen LogP contribution in [0.4, 0.5) is 0 Å². The minimum absolute atomic E-state index is 0. The van der Waals surface area contributed by atoms with Gasteiger partial charge in [-0.2, -0.15) is 17.5 Å². The Kier molecular flexibility index (Phi) is 12.1. The first-order valence-electron chi connectivity index (χ1n) is 9.54. The molecule has 0 aliphatic carbocycles. The third kappa shape index (κ3) is 7.36. The molecule has 0 saturated carbocycles. The van der Waals surface area contributed by atoms with Gasteiger partial charge < -0.3 is 10.2 Å². The third-order valence-electron chi connectivity index (χ3n) is 4.07. The molecule has 5 aromatic carbocycles. The zero-order chi connectivity index (χ0) is 20.2. The molecule has 0 aromatic heterocycles. The van der Waals surface area contributed by atoms with E-state index in [1.54, 1.807) is 13.8 Å². The fourth-order valence-corrected chi connectivity index (χ4v) is 2.97. The molecule has 0 aliphatic heterocycles. The number of hydrogen-bond donors (Lipinski definition) is 0. The molecule has 0 fully saturated rings. The van der Waals surface area contributed by atoms with Gasteiger partial charge in [-0.05, 0) is 0 Å². The summed E-state index contributed by atoms with van der Waals surface area (Å²) in [6.45, 7) is 3.14. The van der Waals surface area contributed by atoms with Crippen LogP contribution in [-0.4, -0.2) is 13.2 Å². The predicted octanol–water partition coefficient (Wildman–Crippen LogP) is 5.00. The molecule has 0 atom stereocenters. The Bertz CT molecular complexity index is 993. The van der Waals surface area contributed by atoms with E-state index >= 15 is 0 Å². The van der Waals surface area contributed by atoms with Gasteiger partial charge in [-0.3, -0.25) is 0 Å². The smallest absolute Gasteiger partial charge is 0.855 e. The normalized spacial score (nSPS) is 9.38. The molecule has 29 heavy (non-hydrogen) atoms. The SMILES string of the molecule is CC[O-].CC[O-].[Zr+4].c1ccc2[cH-]ccc2c1.c1ccc2c(c1)[cH-]c1ccccc12. The average molecular weight is 462 g/mol. The Hall–Kier alpha value is -2.06. The molecule has 146 valence electrons. The van der Waals surface area contributed by atoms with E-state index < -0.39 is 0 Å². The van der Waals surface area contributed by atoms with Crippen LogP contribution in [-0.2, 0) is 26.2 Å². The standard InChI is InChI=1S/C13H9.C9H7.2C2H5O.Zr/c1-3-7-12-10(5-1)9-11-6-2-4-8-13(11)12;1-2-5-9-7-3-6-8(9)4-1;2*1-2-3;/h1-9H;1-7H;2*2H2,1H3;/q4*-1;+4. The fourth-order valence-electron chi connectivity index (χ4n) is 2.97. The maximum atomic E-state index is 8.93. The molecule has 0 N–H and O–H groups in total. The molecule has 5 rings (SSSR count). The van der Waals surface area contributed by atoms with E-state index in [1.165, 1.54) is 32.3 Å². The van der Waals surface area contributed by atoms with E-state index in [-0.39, 0.29) is 39.4 Å². The molecule has 0 unspecified atom stereocenters. The van der Waals surface area contributed by atoms with E-state index in [9.17, 15) is 0 Å². The summed E-state index contributed by atoms with van der Waals surface area (Å²) in [4.78, 5) is 0. The van der Waals surface area contributed by atoms with Crippen LogP contribution in [0.1, 0.15) is 13.8 Å². The molecular weight excluding hydrogens is 436 g/mol. The van der Waals surface area contributed by atoms with Crippen LogP contribution in [0.2, 0.25) is 0 Å². The van der Waals surface area contributed by atoms with Crippen LogP contribution in [0.3, 0.4) is 0 Å². The van der Waals surface area contributed by atoms with E-state index in [0.717, 1.165) is 0 Å². The molecule has 0 radical (unpaired) electrons. The topological polar surface area (TPSA) is 46.1 Å². The van der Waals surface area contributed by atoms with Crippen LogP contribution in [0.25, 0.3) is 32.3 Å². The summed E-state index contributed by atoms with van der Waals surface area (Å²) in [7, 11) is 0. The maximum absolute atomic E-state index is 8.93. The minimum Gasteiger partial charge on any atom is -0.855 e. The van der Waals surface area contributed by atoms with E-state index in [1.807, 2.05) is 0 Å². The molecule has 2 nitrogen and oxygen atoms in total. The summed E-state index contributed by atoms with van der Waals surface area (Å²) < 4.78 is 0. The van der Waals surface area contributed by atoms with Gasteiger partial charge in [0.25, 0.3) is 0 Å². The summed E-state index contributed by atoms with van der Waals surface area (Å²) in [5.41, 5.74) is 0. The van der Waals surface area contributed by atoms with Crippen molar-refractivity contribution in [2.75, 3.05) is 13.2 Å². The summed E-state index contributed by atoms with van der Waals surface area (Å²) in [5.74, 6) is 0. The second-order valence-corrected chi connectivity index (χ2v) is 6.05. The van der Waals surface area contributed by atoms with Crippen molar-refractivity contribution in [2.45, 2.75) is 13.8 Å². The monoisotopic (exact) mass is 460 g/mol. The van der Waals surface area contributed by atoms with Crippen LogP contribution >= 0.6 is 0 Å². The molecule has 0 saturated heterocycles. The molecule has 0 bridgehead atoms. The van der Waals surface area contributed by atoms with Crippen molar-refractivity contribution >= 4 is 32.3 Å². The molecule has 0 aliphatic rings. The number of hydrogen-bond acceptors (Lipinski definition) is 2. The predicted molar refractivity (Wildman–Crippen MR) is 118 cm³/mol. The van der Waals surface area contributed by atoms with Gasteiger partial charge in [0.2, 0.25) is 0 Å². The Morgan fingerprint density at radius 3 is 1.52 bits per heavy atom. The van der Waals surface area contributed by atoms with Crippen LogP contribution < -0.4 is 10.2 Å². The van der Waals surface area contributed by atoms with Crippen LogP contribution in [0.5, 0.6) is 0 Å². The molecule has 0 spiro atoms. The zero-order valence-corrected chi connectivity index (χ0v) is 19.4. The van der Waals surface area contributed by atoms with Gasteiger partial charge in [-0.25, -0.2) is 0 Å². The number of fused-ring (bicyclic) bond motifs is 4. The number of rotatable bonds is 0. The van der Waals surface area contributed by atoms with Crippen molar-refractivity contribution in [1.82, 2.24) is 0 Å². The Morgan fingerprint density at radius 2 is 1.03 bits per heavy atom. The first kappa shape index (κ1) is 25.0. The van der Waals surface area contributed by atoms with Crippen molar-refractivity contribution in [3.63, 3.8) is 0 Å². The van der Waals surface area contributed by atoms with Gasteiger partial charge in [-0.1, -0.05) is 56.3 Å². The molecule has 0 amide bonds. The molecular formula is C26H26O2Zr. The van der Waals surface area contributed by atoms with Gasteiger partial charge >= 0.3 is 26.2 Å². The van der Waals surface area contributed by atoms with Crippen molar-refractivity contribution in [1.29, 1.82) is 0 Å². The first-order chi connectivity index (χ1) is 13.7. The van der Waals surface area contributed by atoms with Gasteiger partial charge in [0.05, 0.1) is 0 Å². The Morgan fingerprint density at radius 1 is 0.621 bits per heavy atom. The average Bonchev–Trinajstić information content (AvgIpc) is 3.34. The summed E-state index contributed by atoms with van der Waals surface area (Å²) in [5, 5.41) is 25.9. The number of benzene rings is 3. The zero-order valence-electron chi connectivity index (χ0n) is 17.0. The van der Waals surface area contributed by atoms with Crippen molar-refractivity contribution in [2.24, 2.45) is 0 Å². The van der Waals surface area contributed by atoms with Gasteiger partial charge in [0.1, 0.15) is 0 Å². The summed E-state index contributed by atoms with van der Waals surface area (Å²) in [6.07, 6.45) is 0. The minimum atomic E-state index is 0. The van der Waals surface area contributed by atoms with Crippen molar-refractivity contribution < 1.29 is 36.4 Å². The van der Waals surface area contributed by atoms with Gasteiger partial charge in [-0.15, -0.1) is 82.6 Å². The van der Waals surface area contributed by atoms with Crippen LogP contribution in [0.15, 0.2) is 97.1 Å². The summed E-state index contributed by atoms with van der Waals surface area (Å²) in [6, 6.07) is 33.9. The summed E-state index contributed by atoms with van der Waals surface area (Å²) >= 11 is 0.